The van der Waals surface area contributed by atoms with Crippen LogP contribution in [0.25, 0.3) is 0 Å². The Morgan fingerprint density at radius 3 is 2.21 bits per heavy atom. The van der Waals surface area contributed by atoms with Gasteiger partial charge in [0, 0.05) is 11.8 Å². The summed E-state index contributed by atoms with van der Waals surface area (Å²) in [5.74, 6) is -3.90. The predicted octanol–water partition coefficient (Wildman–Crippen LogP) is 6.68. The van der Waals surface area contributed by atoms with Crippen LogP contribution in [0.1, 0.15) is 124 Å². The zero-order valence-corrected chi connectivity index (χ0v) is 31.4. The van der Waals surface area contributed by atoms with Crippen LogP contribution in [-0.2, 0) is 48.2 Å². The molecule has 1 N–H and O–H groups in total. The van der Waals surface area contributed by atoms with E-state index in [1.54, 1.807) is 6.92 Å². The minimum atomic E-state index is -6.04. The van der Waals surface area contributed by atoms with E-state index < -0.39 is 67.6 Å². The Hall–Kier alpha value is -2.16. The number of halogens is 2. The lowest BCUT2D eigenvalue weighted by atomic mass is 9.61. The summed E-state index contributed by atoms with van der Waals surface area (Å²) in [5, 5.41) is -5.12. The third-order valence-corrected chi connectivity index (χ3v) is 14.5. The lowest BCUT2D eigenvalue weighted by Gasteiger charge is -2.54. The van der Waals surface area contributed by atoms with Crippen LogP contribution in [0.15, 0.2) is 11.6 Å². The summed E-state index contributed by atoms with van der Waals surface area (Å²) >= 11 is 0. The summed E-state index contributed by atoms with van der Waals surface area (Å²) < 4.78 is 91.2. The van der Waals surface area contributed by atoms with Crippen molar-refractivity contribution in [3.63, 3.8) is 0 Å². The number of carbonyl (C=O) groups excluding carboxylic acids is 3. The van der Waals surface area contributed by atoms with Gasteiger partial charge in [0.25, 0.3) is 0 Å². The number of carbonyl (C=O) groups is 3. The number of ether oxygens (including phenoxy) is 5. The second-order valence-electron chi connectivity index (χ2n) is 17.9. The molecule has 0 radical (unpaired) electrons. The molecule has 6 aliphatic carbocycles. The van der Waals surface area contributed by atoms with Gasteiger partial charge >= 0.3 is 33.3 Å². The smallest absolute Gasteiger partial charge is 0.462 e. The van der Waals surface area contributed by atoms with Gasteiger partial charge in [0.2, 0.25) is 0 Å². The summed E-state index contributed by atoms with van der Waals surface area (Å²) in [6.45, 7) is 5.65. The first-order chi connectivity index (χ1) is 24.4. The first kappa shape index (κ1) is 38.1. The second kappa shape index (κ2) is 13.5. The van der Waals surface area contributed by atoms with E-state index in [-0.39, 0.29) is 50.3 Å². The molecular formula is C38H54F2O11S. The lowest BCUT2D eigenvalue weighted by Crippen LogP contribution is -2.60. The van der Waals surface area contributed by atoms with Crippen LogP contribution < -0.4 is 0 Å². The Morgan fingerprint density at radius 1 is 0.904 bits per heavy atom. The Labute approximate surface area is 305 Å². The van der Waals surface area contributed by atoms with E-state index in [1.165, 1.54) is 12.0 Å². The molecule has 292 valence electrons. The third kappa shape index (κ3) is 6.84. The number of allylic oxidation sites excluding steroid dienone is 2. The molecule has 1 aliphatic heterocycles. The maximum Gasteiger partial charge on any atom is 0.465 e. The molecule has 14 heteroatoms. The summed E-state index contributed by atoms with van der Waals surface area (Å²) in [7, 11) is -6.04. The van der Waals surface area contributed by atoms with Crippen molar-refractivity contribution in [3.8, 4) is 0 Å². The van der Waals surface area contributed by atoms with Gasteiger partial charge in [-0.05, 0) is 108 Å². The molecule has 10 atom stereocenters. The van der Waals surface area contributed by atoms with Crippen LogP contribution in [0.5, 0.6) is 0 Å². The topological polar surface area (TPSA) is 152 Å². The maximum absolute atomic E-state index is 14.3. The molecule has 6 fully saturated rings. The van der Waals surface area contributed by atoms with Crippen LogP contribution in [0.3, 0.4) is 0 Å². The van der Waals surface area contributed by atoms with Crippen LogP contribution in [-0.4, -0.2) is 72.9 Å². The Kier molecular flexibility index (Phi) is 9.93. The fourth-order valence-corrected chi connectivity index (χ4v) is 11.9. The molecule has 0 aromatic rings. The van der Waals surface area contributed by atoms with Crippen LogP contribution in [0, 0.1) is 40.4 Å². The van der Waals surface area contributed by atoms with Gasteiger partial charge in [-0.2, -0.15) is 17.2 Å². The van der Waals surface area contributed by atoms with Gasteiger partial charge in [-0.1, -0.05) is 44.8 Å². The Bertz CT molecular complexity index is 1570. The Balaban J connectivity index is 1.09. The van der Waals surface area contributed by atoms with E-state index in [1.807, 2.05) is 6.92 Å². The fraction of sp³-hybridized carbons (Fsp3) is 0.868. The molecule has 10 unspecified atom stereocenters. The van der Waals surface area contributed by atoms with Crippen molar-refractivity contribution in [2.45, 2.75) is 152 Å². The quantitative estimate of drug-likeness (QED) is 0.116. The zero-order valence-electron chi connectivity index (χ0n) is 30.5. The molecule has 0 amide bonds. The summed E-state index contributed by atoms with van der Waals surface area (Å²) in [6.07, 6.45) is 12.1. The van der Waals surface area contributed by atoms with Gasteiger partial charge in [-0.3, -0.25) is 14.1 Å². The van der Waals surface area contributed by atoms with E-state index in [0.717, 1.165) is 51.4 Å². The first-order valence-electron chi connectivity index (χ1n) is 19.4. The monoisotopic (exact) mass is 756 g/mol. The number of hydrogen-bond acceptors (Lipinski definition) is 10. The molecule has 5 saturated carbocycles. The minimum absolute atomic E-state index is 0.0206. The fourth-order valence-electron chi connectivity index (χ4n) is 11.7. The van der Waals surface area contributed by atoms with Crippen molar-refractivity contribution < 1.29 is 59.8 Å². The van der Waals surface area contributed by atoms with Crippen molar-refractivity contribution >= 4 is 28.0 Å². The van der Waals surface area contributed by atoms with Crippen molar-refractivity contribution in [1.82, 2.24) is 0 Å². The van der Waals surface area contributed by atoms with Gasteiger partial charge in [0.15, 0.2) is 5.79 Å². The SMILES string of the molecule is CC1C=C2CCCC(C(=O)OCC3OC4(OC3COC(=O)C3(C)CC5CCCC(C5)C3)C(C)CC3(OC(=O)C(F)(F)S(=O)(=O)O)CCCC4C3)(C2)C1. The molecule has 7 aliphatic rings. The van der Waals surface area contributed by atoms with E-state index in [0.29, 0.717) is 37.5 Å². The maximum atomic E-state index is 14.3. The van der Waals surface area contributed by atoms with E-state index in [4.69, 9.17) is 28.2 Å². The standard InChI is InChI=1S/C38H54F2O11S/c1-23-13-25-9-5-11-35(15-23,19-25)32(42)48-22-30-29(21-47-31(41)34(3)17-26-7-4-8-27(14-26)18-34)49-37(50-30)24(2)16-36(12-6-10-28(37)20-36)51-33(43)38(39,40)52(44,45)46/h13,23-24,26-30H,4-12,14-22H2,1-3H3,(H,44,45,46). The van der Waals surface area contributed by atoms with E-state index in [2.05, 4.69) is 13.0 Å². The lowest BCUT2D eigenvalue weighted by molar-refractivity contribution is -0.294. The molecule has 0 aromatic carbocycles. The zero-order chi connectivity index (χ0) is 37.3. The van der Waals surface area contributed by atoms with Gasteiger partial charge in [0.1, 0.15) is 31.0 Å². The third-order valence-electron chi connectivity index (χ3n) is 13.7. The number of hydrogen-bond donors (Lipinski definition) is 1. The Morgan fingerprint density at radius 2 is 1.56 bits per heavy atom. The minimum Gasteiger partial charge on any atom is -0.462 e. The van der Waals surface area contributed by atoms with Gasteiger partial charge in [-0.15, -0.1) is 0 Å². The largest absolute Gasteiger partial charge is 0.465 e. The molecule has 0 aromatic heterocycles. The number of fused-ring (bicyclic) bond motifs is 7. The molecular weight excluding hydrogens is 702 g/mol. The van der Waals surface area contributed by atoms with Crippen LogP contribution >= 0.6 is 0 Å². The molecule has 1 saturated heterocycles. The normalized spacial score (nSPS) is 43.0. The second-order valence-corrected chi connectivity index (χ2v) is 19.3. The number of rotatable bonds is 9. The first-order valence-corrected chi connectivity index (χ1v) is 20.8. The highest BCUT2D eigenvalue weighted by molar-refractivity contribution is 7.87. The number of esters is 3. The summed E-state index contributed by atoms with van der Waals surface area (Å²) in [6, 6.07) is 0. The average molecular weight is 757 g/mol. The van der Waals surface area contributed by atoms with Crippen molar-refractivity contribution in [2.75, 3.05) is 13.2 Å². The molecule has 1 heterocycles. The van der Waals surface area contributed by atoms with E-state index in [9.17, 15) is 31.6 Å². The van der Waals surface area contributed by atoms with Crippen molar-refractivity contribution in [1.29, 1.82) is 0 Å². The number of alkyl halides is 2. The summed E-state index contributed by atoms with van der Waals surface area (Å²) in [5.41, 5.74) is -1.33. The molecule has 6 bridgehead atoms. The molecule has 52 heavy (non-hydrogen) atoms. The van der Waals surface area contributed by atoms with Gasteiger partial charge < -0.3 is 23.7 Å². The highest BCUT2D eigenvalue weighted by Crippen LogP contribution is 2.58. The average Bonchev–Trinajstić information content (AvgIpc) is 3.44. The summed E-state index contributed by atoms with van der Waals surface area (Å²) in [4.78, 5) is 40.1. The molecule has 11 nitrogen and oxygen atoms in total. The van der Waals surface area contributed by atoms with Crippen LogP contribution in [0.4, 0.5) is 8.78 Å². The van der Waals surface area contributed by atoms with E-state index >= 15 is 0 Å². The van der Waals surface area contributed by atoms with Crippen molar-refractivity contribution in [3.05, 3.63) is 11.6 Å². The van der Waals surface area contributed by atoms with Gasteiger partial charge in [0.05, 0.1) is 10.8 Å². The van der Waals surface area contributed by atoms with Crippen LogP contribution in [0.2, 0.25) is 0 Å². The molecule has 7 rings (SSSR count). The highest BCUT2D eigenvalue weighted by atomic mass is 32.2. The highest BCUT2D eigenvalue weighted by Gasteiger charge is 2.65. The molecule has 1 spiro atoms. The van der Waals surface area contributed by atoms with Crippen molar-refractivity contribution in [2.24, 2.45) is 40.4 Å². The van der Waals surface area contributed by atoms with Gasteiger partial charge in [-0.25, -0.2) is 4.79 Å². The predicted molar refractivity (Wildman–Crippen MR) is 181 cm³/mol.